The Hall–Kier alpha value is -2.45. The Kier molecular flexibility index (Phi) is 4.77. The summed E-state index contributed by atoms with van der Waals surface area (Å²) < 4.78 is 5.37. The number of aromatic amines is 1. The van der Waals surface area contributed by atoms with Crippen LogP contribution in [0.25, 0.3) is 11.1 Å². The lowest BCUT2D eigenvalue weighted by molar-refractivity contribution is -0.118. The molecule has 2 aromatic rings. The fourth-order valence-electron chi connectivity index (χ4n) is 2.76. The van der Waals surface area contributed by atoms with Crippen LogP contribution < -0.4 is 15.0 Å². The maximum atomic E-state index is 12.5. The predicted octanol–water partition coefficient (Wildman–Crippen LogP) is 0.556. The fraction of sp³-hybridized carbons (Fsp3) is 0.438. The molecule has 128 valence electrons. The van der Waals surface area contributed by atoms with Crippen LogP contribution in [-0.4, -0.2) is 58.5 Å². The summed E-state index contributed by atoms with van der Waals surface area (Å²) in [7, 11) is 1.55. The van der Waals surface area contributed by atoms with Crippen molar-refractivity contribution >= 4 is 11.7 Å². The number of hydrogen-bond donors (Lipinski definition) is 3. The first-order valence-corrected chi connectivity index (χ1v) is 7.87. The van der Waals surface area contributed by atoms with Gasteiger partial charge in [0.2, 0.25) is 11.8 Å². The minimum atomic E-state index is -0.487. The molecule has 3 heterocycles. The van der Waals surface area contributed by atoms with Gasteiger partial charge in [-0.15, -0.1) is 0 Å². The Labute approximate surface area is 139 Å². The van der Waals surface area contributed by atoms with Crippen molar-refractivity contribution < 1.29 is 14.6 Å². The summed E-state index contributed by atoms with van der Waals surface area (Å²) in [5.41, 5.74) is 1.68. The van der Waals surface area contributed by atoms with Crippen molar-refractivity contribution in [2.24, 2.45) is 0 Å². The lowest BCUT2D eigenvalue weighted by Crippen LogP contribution is -2.41. The van der Waals surface area contributed by atoms with Crippen molar-refractivity contribution in [1.29, 1.82) is 0 Å². The highest BCUT2D eigenvalue weighted by Gasteiger charge is 2.33. The standard InChI is InChI=1S/C16H21N5O3/c1-10(22)7-17-13-5-6-21(16(13)23)14-4-3-12(15(20-14)24-2)11-8-18-19-9-11/h3-4,8-10,13,17,22H,5-7H2,1-2H3,(H,18,19). The van der Waals surface area contributed by atoms with Gasteiger partial charge in [-0.1, -0.05) is 0 Å². The summed E-state index contributed by atoms with van der Waals surface area (Å²) in [5, 5.41) is 19.1. The van der Waals surface area contributed by atoms with E-state index in [0.717, 1.165) is 11.1 Å². The lowest BCUT2D eigenvalue weighted by atomic mass is 10.1. The van der Waals surface area contributed by atoms with E-state index in [1.165, 1.54) is 0 Å². The number of nitrogens with one attached hydrogen (secondary N) is 2. The number of hydrogen-bond acceptors (Lipinski definition) is 6. The van der Waals surface area contributed by atoms with E-state index >= 15 is 0 Å². The van der Waals surface area contributed by atoms with Crippen molar-refractivity contribution in [3.05, 3.63) is 24.5 Å². The summed E-state index contributed by atoms with van der Waals surface area (Å²) in [6.07, 6.45) is 3.64. The van der Waals surface area contributed by atoms with Crippen LogP contribution in [0.4, 0.5) is 5.82 Å². The molecular weight excluding hydrogens is 310 g/mol. The monoisotopic (exact) mass is 331 g/mol. The van der Waals surface area contributed by atoms with E-state index in [1.54, 1.807) is 37.4 Å². The van der Waals surface area contributed by atoms with Gasteiger partial charge in [0.1, 0.15) is 5.82 Å². The number of nitrogens with zero attached hydrogens (tertiary/aromatic N) is 3. The minimum absolute atomic E-state index is 0.0405. The number of pyridine rings is 1. The molecule has 2 aromatic heterocycles. The van der Waals surface area contributed by atoms with Gasteiger partial charge >= 0.3 is 0 Å². The summed E-state index contributed by atoms with van der Waals surface area (Å²) in [5.74, 6) is 0.966. The first-order chi connectivity index (χ1) is 11.6. The van der Waals surface area contributed by atoms with Crippen molar-refractivity contribution in [1.82, 2.24) is 20.5 Å². The Morgan fingerprint density at radius 3 is 3.04 bits per heavy atom. The molecule has 0 saturated carbocycles. The van der Waals surface area contributed by atoms with Crippen LogP contribution in [0.15, 0.2) is 24.5 Å². The molecule has 0 radical (unpaired) electrons. The minimum Gasteiger partial charge on any atom is -0.480 e. The highest BCUT2D eigenvalue weighted by atomic mass is 16.5. The highest BCUT2D eigenvalue weighted by Crippen LogP contribution is 2.31. The van der Waals surface area contributed by atoms with Gasteiger partial charge in [0.05, 0.1) is 25.5 Å². The van der Waals surface area contributed by atoms with E-state index in [2.05, 4.69) is 20.5 Å². The third-order valence-corrected chi connectivity index (χ3v) is 3.99. The van der Waals surface area contributed by atoms with E-state index in [0.29, 0.717) is 31.2 Å². The van der Waals surface area contributed by atoms with Crippen molar-refractivity contribution in [3.8, 4) is 17.0 Å². The molecule has 1 aliphatic rings. The topological polar surface area (TPSA) is 103 Å². The zero-order chi connectivity index (χ0) is 17.1. The first-order valence-electron chi connectivity index (χ1n) is 7.87. The van der Waals surface area contributed by atoms with Gasteiger partial charge in [-0.25, -0.2) is 0 Å². The number of methoxy groups -OCH3 is 1. The normalized spacial score (nSPS) is 18.9. The fourth-order valence-corrected chi connectivity index (χ4v) is 2.76. The number of ether oxygens (including phenoxy) is 1. The molecule has 1 fully saturated rings. The van der Waals surface area contributed by atoms with Gasteiger partial charge < -0.3 is 15.2 Å². The molecule has 24 heavy (non-hydrogen) atoms. The van der Waals surface area contributed by atoms with Gasteiger partial charge in [0, 0.05) is 30.4 Å². The number of aliphatic hydroxyl groups is 1. The Morgan fingerprint density at radius 2 is 2.38 bits per heavy atom. The van der Waals surface area contributed by atoms with Gasteiger partial charge in [-0.05, 0) is 25.5 Å². The zero-order valence-electron chi connectivity index (χ0n) is 13.7. The highest BCUT2D eigenvalue weighted by molar-refractivity contribution is 5.98. The molecule has 0 aromatic carbocycles. The van der Waals surface area contributed by atoms with Crippen LogP contribution in [-0.2, 0) is 4.79 Å². The lowest BCUT2D eigenvalue weighted by Gasteiger charge is -2.18. The van der Waals surface area contributed by atoms with E-state index in [1.807, 2.05) is 6.07 Å². The molecule has 8 nitrogen and oxygen atoms in total. The van der Waals surface area contributed by atoms with Gasteiger partial charge in [-0.3, -0.25) is 14.8 Å². The quantitative estimate of drug-likeness (QED) is 0.714. The van der Waals surface area contributed by atoms with Crippen LogP contribution in [0.5, 0.6) is 5.88 Å². The first kappa shape index (κ1) is 16.4. The third-order valence-electron chi connectivity index (χ3n) is 3.99. The van der Waals surface area contributed by atoms with Crippen molar-refractivity contribution in [3.63, 3.8) is 0 Å². The number of rotatable bonds is 6. The van der Waals surface area contributed by atoms with Crippen LogP contribution in [0.2, 0.25) is 0 Å². The van der Waals surface area contributed by atoms with E-state index in [-0.39, 0.29) is 11.9 Å². The molecule has 1 aliphatic heterocycles. The number of aromatic nitrogens is 3. The largest absolute Gasteiger partial charge is 0.480 e. The van der Waals surface area contributed by atoms with E-state index < -0.39 is 6.10 Å². The number of amides is 1. The second-order valence-corrected chi connectivity index (χ2v) is 5.80. The number of carbonyl (C=O) groups is 1. The molecule has 3 N–H and O–H groups in total. The van der Waals surface area contributed by atoms with Gasteiger partial charge in [-0.2, -0.15) is 10.1 Å². The SMILES string of the molecule is COc1nc(N2CCC(NCC(C)O)C2=O)ccc1-c1cn[nH]c1. The van der Waals surface area contributed by atoms with Gasteiger partial charge in [0.15, 0.2) is 0 Å². The van der Waals surface area contributed by atoms with Crippen LogP contribution >= 0.6 is 0 Å². The molecule has 0 bridgehead atoms. The second-order valence-electron chi connectivity index (χ2n) is 5.80. The summed E-state index contributed by atoms with van der Waals surface area (Å²) >= 11 is 0. The predicted molar refractivity (Wildman–Crippen MR) is 88.8 cm³/mol. The molecular formula is C16H21N5O3. The smallest absolute Gasteiger partial charge is 0.245 e. The Morgan fingerprint density at radius 1 is 1.54 bits per heavy atom. The second kappa shape index (κ2) is 6.98. The molecule has 8 heteroatoms. The number of carbonyl (C=O) groups excluding carboxylic acids is 1. The maximum Gasteiger partial charge on any atom is 0.245 e. The van der Waals surface area contributed by atoms with Crippen molar-refractivity contribution in [2.45, 2.75) is 25.5 Å². The van der Waals surface area contributed by atoms with Crippen LogP contribution in [0, 0.1) is 0 Å². The van der Waals surface area contributed by atoms with E-state index in [9.17, 15) is 9.90 Å². The number of anilines is 1. The summed E-state index contributed by atoms with van der Waals surface area (Å²) in [6, 6.07) is 3.39. The average molecular weight is 331 g/mol. The van der Waals surface area contributed by atoms with Crippen LogP contribution in [0.1, 0.15) is 13.3 Å². The Bertz CT molecular complexity index is 702. The maximum absolute atomic E-state index is 12.5. The average Bonchev–Trinajstić information content (AvgIpc) is 3.22. The van der Waals surface area contributed by atoms with Crippen molar-refractivity contribution in [2.75, 3.05) is 25.1 Å². The van der Waals surface area contributed by atoms with E-state index in [4.69, 9.17) is 4.74 Å². The number of aliphatic hydroxyl groups excluding tert-OH is 1. The Balaban J connectivity index is 1.79. The zero-order valence-corrected chi connectivity index (χ0v) is 13.7. The molecule has 3 rings (SSSR count). The summed E-state index contributed by atoms with van der Waals surface area (Å²) in [6.45, 7) is 2.66. The molecule has 2 atom stereocenters. The molecule has 0 spiro atoms. The summed E-state index contributed by atoms with van der Waals surface area (Å²) in [4.78, 5) is 18.6. The molecule has 1 saturated heterocycles. The third kappa shape index (κ3) is 3.24. The number of H-pyrrole nitrogens is 1. The van der Waals surface area contributed by atoms with Gasteiger partial charge in [0.25, 0.3) is 0 Å². The van der Waals surface area contributed by atoms with Crippen LogP contribution in [0.3, 0.4) is 0 Å². The molecule has 2 unspecified atom stereocenters. The molecule has 0 aliphatic carbocycles. The molecule has 1 amide bonds.